The van der Waals surface area contributed by atoms with E-state index in [0.717, 1.165) is 5.70 Å². The Hall–Kier alpha value is -1.64. The molecule has 0 N–H and O–H groups in total. The van der Waals surface area contributed by atoms with Crippen molar-refractivity contribution in [3.05, 3.63) is 49.1 Å². The Balaban J connectivity index is 3.16. The topological polar surface area (TPSA) is 16.1 Å². The molecule has 2 nitrogen and oxygen atoms in total. The van der Waals surface area contributed by atoms with Crippen LogP contribution in [-0.4, -0.2) is 10.5 Å². The summed E-state index contributed by atoms with van der Waals surface area (Å²) in [7, 11) is 0. The SMILES string of the molecule is C=CC(=C)N(c1ccc(F)cn1)C(C)(C)C. The highest BCUT2D eigenvalue weighted by Crippen LogP contribution is 2.26. The third-order valence-corrected chi connectivity index (χ3v) is 2.13. The van der Waals surface area contributed by atoms with Crippen LogP contribution in [0.25, 0.3) is 0 Å². The summed E-state index contributed by atoms with van der Waals surface area (Å²) in [6.45, 7) is 13.7. The van der Waals surface area contributed by atoms with Crippen molar-refractivity contribution in [2.75, 3.05) is 4.90 Å². The van der Waals surface area contributed by atoms with Crippen LogP contribution in [0.5, 0.6) is 0 Å². The molecule has 0 spiro atoms. The number of nitrogens with zero attached hydrogens (tertiary/aromatic N) is 2. The number of allylic oxidation sites excluding steroid dienone is 1. The number of halogens is 1. The molecule has 0 fully saturated rings. The molecule has 0 radical (unpaired) electrons. The summed E-state index contributed by atoms with van der Waals surface area (Å²) in [5, 5.41) is 0. The Morgan fingerprint density at radius 2 is 2.06 bits per heavy atom. The Morgan fingerprint density at radius 1 is 1.44 bits per heavy atom. The van der Waals surface area contributed by atoms with Crippen LogP contribution in [0.1, 0.15) is 20.8 Å². The van der Waals surface area contributed by atoms with Gasteiger partial charge in [-0.2, -0.15) is 0 Å². The van der Waals surface area contributed by atoms with E-state index < -0.39 is 0 Å². The number of aromatic nitrogens is 1. The van der Waals surface area contributed by atoms with Crippen LogP contribution in [0, 0.1) is 5.82 Å². The van der Waals surface area contributed by atoms with E-state index in [-0.39, 0.29) is 11.4 Å². The van der Waals surface area contributed by atoms with Gasteiger partial charge in [0.1, 0.15) is 11.6 Å². The number of rotatable bonds is 3. The molecule has 3 heteroatoms. The number of hydrogen-bond donors (Lipinski definition) is 0. The Kier molecular flexibility index (Phi) is 3.48. The van der Waals surface area contributed by atoms with E-state index in [4.69, 9.17) is 0 Å². The van der Waals surface area contributed by atoms with Crippen molar-refractivity contribution in [3.63, 3.8) is 0 Å². The molecule has 0 saturated heterocycles. The summed E-state index contributed by atoms with van der Waals surface area (Å²) in [6.07, 6.45) is 2.86. The molecule has 0 bridgehead atoms. The van der Waals surface area contributed by atoms with Gasteiger partial charge in [-0.15, -0.1) is 0 Å². The van der Waals surface area contributed by atoms with Crippen LogP contribution in [-0.2, 0) is 0 Å². The summed E-state index contributed by atoms with van der Waals surface area (Å²) < 4.78 is 12.8. The average Bonchev–Trinajstić information content (AvgIpc) is 2.19. The molecule has 0 saturated carbocycles. The largest absolute Gasteiger partial charge is 0.322 e. The summed E-state index contributed by atoms with van der Waals surface area (Å²) in [6, 6.07) is 3.02. The fourth-order valence-electron chi connectivity index (χ4n) is 1.51. The third-order valence-electron chi connectivity index (χ3n) is 2.13. The second-order valence-corrected chi connectivity index (χ2v) is 4.54. The van der Waals surface area contributed by atoms with Crippen molar-refractivity contribution in [2.45, 2.75) is 26.3 Å². The van der Waals surface area contributed by atoms with E-state index in [1.54, 1.807) is 12.1 Å². The summed E-state index contributed by atoms with van der Waals surface area (Å²) >= 11 is 0. The van der Waals surface area contributed by atoms with Gasteiger partial charge in [0.15, 0.2) is 0 Å². The van der Waals surface area contributed by atoms with Gasteiger partial charge in [-0.3, -0.25) is 0 Å². The molecular weight excluding hydrogens is 203 g/mol. The first-order valence-corrected chi connectivity index (χ1v) is 5.09. The molecule has 1 heterocycles. The fourth-order valence-corrected chi connectivity index (χ4v) is 1.51. The molecule has 0 unspecified atom stereocenters. The summed E-state index contributed by atoms with van der Waals surface area (Å²) in [4.78, 5) is 5.97. The smallest absolute Gasteiger partial charge is 0.141 e. The molecular formula is C13H17FN2. The minimum atomic E-state index is -0.346. The van der Waals surface area contributed by atoms with Gasteiger partial charge in [-0.05, 0) is 39.0 Å². The monoisotopic (exact) mass is 220 g/mol. The summed E-state index contributed by atoms with van der Waals surface area (Å²) in [5.74, 6) is 0.320. The standard InChI is InChI=1S/C13H17FN2/c1-6-10(2)16(13(3,4)5)12-8-7-11(14)9-15-12/h6-9H,1-2H2,3-5H3. The van der Waals surface area contributed by atoms with Crippen LogP contribution >= 0.6 is 0 Å². The highest BCUT2D eigenvalue weighted by atomic mass is 19.1. The average molecular weight is 220 g/mol. The zero-order chi connectivity index (χ0) is 12.3. The molecule has 16 heavy (non-hydrogen) atoms. The molecule has 0 atom stereocenters. The van der Waals surface area contributed by atoms with Crippen LogP contribution < -0.4 is 4.90 Å². The quantitative estimate of drug-likeness (QED) is 0.724. The predicted octanol–water partition coefficient (Wildman–Crippen LogP) is 3.53. The first-order valence-electron chi connectivity index (χ1n) is 5.09. The lowest BCUT2D eigenvalue weighted by Gasteiger charge is -2.37. The predicted molar refractivity (Wildman–Crippen MR) is 65.8 cm³/mol. The molecule has 0 aromatic carbocycles. The number of anilines is 1. The minimum absolute atomic E-state index is 0.184. The van der Waals surface area contributed by atoms with Crippen molar-refractivity contribution < 1.29 is 4.39 Å². The van der Waals surface area contributed by atoms with Gasteiger partial charge < -0.3 is 4.90 Å². The van der Waals surface area contributed by atoms with Crippen molar-refractivity contribution in [1.29, 1.82) is 0 Å². The second kappa shape index (κ2) is 4.47. The van der Waals surface area contributed by atoms with Crippen LogP contribution in [0.4, 0.5) is 10.2 Å². The molecule has 1 aromatic rings. The maximum Gasteiger partial charge on any atom is 0.141 e. The van der Waals surface area contributed by atoms with E-state index in [1.165, 1.54) is 12.3 Å². The van der Waals surface area contributed by atoms with Gasteiger partial charge in [-0.1, -0.05) is 13.2 Å². The normalized spacial score (nSPS) is 11.0. The molecule has 1 aromatic heterocycles. The highest BCUT2D eigenvalue weighted by Gasteiger charge is 2.23. The Morgan fingerprint density at radius 3 is 2.44 bits per heavy atom. The van der Waals surface area contributed by atoms with Gasteiger partial charge >= 0.3 is 0 Å². The van der Waals surface area contributed by atoms with E-state index >= 15 is 0 Å². The van der Waals surface area contributed by atoms with E-state index in [2.05, 4.69) is 18.1 Å². The van der Waals surface area contributed by atoms with Crippen molar-refractivity contribution >= 4 is 5.82 Å². The second-order valence-electron chi connectivity index (χ2n) is 4.54. The van der Waals surface area contributed by atoms with Gasteiger partial charge in [-0.25, -0.2) is 9.37 Å². The van der Waals surface area contributed by atoms with E-state index in [9.17, 15) is 4.39 Å². The van der Waals surface area contributed by atoms with E-state index in [1.807, 2.05) is 25.7 Å². The zero-order valence-corrected chi connectivity index (χ0v) is 10.00. The Bertz CT molecular complexity index is 387. The maximum atomic E-state index is 12.8. The van der Waals surface area contributed by atoms with Gasteiger partial charge in [0.05, 0.1) is 6.20 Å². The maximum absolute atomic E-state index is 12.8. The summed E-state index contributed by atoms with van der Waals surface area (Å²) in [5.41, 5.74) is 0.558. The fraction of sp³-hybridized carbons (Fsp3) is 0.308. The first kappa shape index (κ1) is 12.4. The first-order chi connectivity index (χ1) is 7.36. The Labute approximate surface area is 96.1 Å². The lowest BCUT2D eigenvalue weighted by molar-refractivity contribution is 0.540. The van der Waals surface area contributed by atoms with Gasteiger partial charge in [0, 0.05) is 11.2 Å². The third kappa shape index (κ3) is 2.69. The highest BCUT2D eigenvalue weighted by molar-refractivity contribution is 5.50. The van der Waals surface area contributed by atoms with E-state index in [0.29, 0.717) is 5.82 Å². The van der Waals surface area contributed by atoms with Crippen LogP contribution in [0.2, 0.25) is 0 Å². The molecule has 0 aliphatic rings. The molecule has 0 amide bonds. The van der Waals surface area contributed by atoms with Gasteiger partial charge in [0.2, 0.25) is 0 Å². The number of hydrogen-bond acceptors (Lipinski definition) is 2. The molecule has 86 valence electrons. The zero-order valence-electron chi connectivity index (χ0n) is 10.00. The molecule has 0 aliphatic carbocycles. The van der Waals surface area contributed by atoms with Gasteiger partial charge in [0.25, 0.3) is 0 Å². The minimum Gasteiger partial charge on any atom is -0.322 e. The van der Waals surface area contributed by atoms with Crippen molar-refractivity contribution in [2.24, 2.45) is 0 Å². The van der Waals surface area contributed by atoms with Crippen molar-refractivity contribution in [1.82, 2.24) is 4.98 Å². The lowest BCUT2D eigenvalue weighted by Crippen LogP contribution is -2.40. The van der Waals surface area contributed by atoms with Crippen LogP contribution in [0.15, 0.2) is 43.3 Å². The van der Waals surface area contributed by atoms with Crippen LogP contribution in [0.3, 0.4) is 0 Å². The molecule has 1 rings (SSSR count). The van der Waals surface area contributed by atoms with Crippen molar-refractivity contribution in [3.8, 4) is 0 Å². The number of pyridine rings is 1. The molecule has 0 aliphatic heterocycles. The lowest BCUT2D eigenvalue weighted by atomic mass is 10.0.